The van der Waals surface area contributed by atoms with Crippen LogP contribution in [0.25, 0.3) is 0 Å². The fraction of sp³-hybridized carbons (Fsp3) is 0.250. The fourth-order valence-corrected chi connectivity index (χ4v) is 3.52. The molecular formula is C20H19N3O4. The molecule has 0 radical (unpaired) electrons. The van der Waals surface area contributed by atoms with Crippen molar-refractivity contribution in [3.05, 3.63) is 92.1 Å². The highest BCUT2D eigenvalue weighted by Gasteiger charge is 2.23. The molecule has 1 amide bonds. The number of H-pyrrole nitrogens is 1. The van der Waals surface area contributed by atoms with Gasteiger partial charge in [0.2, 0.25) is 0 Å². The average molecular weight is 365 g/mol. The molecule has 1 aliphatic carbocycles. The van der Waals surface area contributed by atoms with Crippen molar-refractivity contribution in [1.29, 1.82) is 0 Å². The molecule has 0 aliphatic heterocycles. The van der Waals surface area contributed by atoms with Gasteiger partial charge in [-0.15, -0.1) is 0 Å². The van der Waals surface area contributed by atoms with E-state index in [0.717, 1.165) is 29.4 Å². The van der Waals surface area contributed by atoms with Crippen LogP contribution in [-0.2, 0) is 13.0 Å². The van der Waals surface area contributed by atoms with E-state index in [9.17, 15) is 14.4 Å². The number of hydrogen-bond acceptors (Lipinski definition) is 4. The van der Waals surface area contributed by atoms with Crippen LogP contribution in [0.3, 0.4) is 0 Å². The van der Waals surface area contributed by atoms with E-state index in [-0.39, 0.29) is 18.2 Å². The van der Waals surface area contributed by atoms with Gasteiger partial charge in [0.05, 0.1) is 18.8 Å². The number of nitrogens with zero attached hydrogens (tertiary/aromatic N) is 1. The van der Waals surface area contributed by atoms with E-state index in [1.807, 2.05) is 18.2 Å². The summed E-state index contributed by atoms with van der Waals surface area (Å²) in [4.78, 5) is 39.9. The Morgan fingerprint density at radius 1 is 1.22 bits per heavy atom. The Morgan fingerprint density at radius 3 is 2.89 bits per heavy atom. The molecule has 4 rings (SSSR count). The van der Waals surface area contributed by atoms with Gasteiger partial charge in [-0.2, -0.15) is 0 Å². The summed E-state index contributed by atoms with van der Waals surface area (Å²) in [5, 5.41) is 2.94. The number of aromatic amines is 1. The molecule has 3 aromatic rings. The maximum atomic E-state index is 12.7. The van der Waals surface area contributed by atoms with Crippen LogP contribution in [0.1, 0.15) is 46.1 Å². The zero-order valence-electron chi connectivity index (χ0n) is 14.6. The molecular weight excluding hydrogens is 346 g/mol. The first kappa shape index (κ1) is 17.1. The summed E-state index contributed by atoms with van der Waals surface area (Å²) in [7, 11) is 0. The Kier molecular flexibility index (Phi) is 4.50. The van der Waals surface area contributed by atoms with Gasteiger partial charge in [-0.1, -0.05) is 24.3 Å². The summed E-state index contributed by atoms with van der Waals surface area (Å²) < 4.78 is 6.16. The highest BCUT2D eigenvalue weighted by atomic mass is 16.3. The van der Waals surface area contributed by atoms with Gasteiger partial charge in [0, 0.05) is 6.20 Å². The molecule has 0 spiro atoms. The van der Waals surface area contributed by atoms with Crippen LogP contribution < -0.4 is 16.6 Å². The molecule has 1 aliphatic rings. The largest absolute Gasteiger partial charge is 0.467 e. The average Bonchev–Trinajstić information content (AvgIpc) is 3.18. The number of carbonyl (C=O) groups excluding carboxylic acids is 1. The molecule has 7 heteroatoms. The monoisotopic (exact) mass is 365 g/mol. The topological polar surface area (TPSA) is 97.1 Å². The van der Waals surface area contributed by atoms with E-state index in [2.05, 4.69) is 16.4 Å². The van der Waals surface area contributed by atoms with Crippen molar-refractivity contribution in [2.24, 2.45) is 0 Å². The Morgan fingerprint density at radius 2 is 2.07 bits per heavy atom. The second-order valence-electron chi connectivity index (χ2n) is 6.60. The SMILES string of the molecule is O=C(NC1CCCc2ccccc21)c1c[nH]c(=O)n(Cc2ccco2)c1=O. The highest BCUT2D eigenvalue weighted by molar-refractivity contribution is 5.93. The maximum Gasteiger partial charge on any atom is 0.328 e. The van der Waals surface area contributed by atoms with E-state index in [4.69, 9.17) is 4.42 Å². The molecule has 0 bridgehead atoms. The van der Waals surface area contributed by atoms with Crippen molar-refractivity contribution in [3.63, 3.8) is 0 Å². The number of rotatable bonds is 4. The summed E-state index contributed by atoms with van der Waals surface area (Å²) in [6.45, 7) is -0.0332. The first-order chi connectivity index (χ1) is 13.1. The zero-order valence-corrected chi connectivity index (χ0v) is 14.6. The number of furan rings is 1. The zero-order chi connectivity index (χ0) is 18.8. The summed E-state index contributed by atoms with van der Waals surface area (Å²) in [5.74, 6) is -0.0347. The van der Waals surface area contributed by atoms with Gasteiger partial charge in [-0.3, -0.25) is 14.2 Å². The lowest BCUT2D eigenvalue weighted by Crippen LogP contribution is -2.41. The smallest absolute Gasteiger partial charge is 0.328 e. The number of aromatic nitrogens is 2. The molecule has 27 heavy (non-hydrogen) atoms. The van der Waals surface area contributed by atoms with Crippen LogP contribution >= 0.6 is 0 Å². The van der Waals surface area contributed by atoms with Crippen molar-refractivity contribution in [3.8, 4) is 0 Å². The Balaban J connectivity index is 1.62. The number of nitrogens with one attached hydrogen (secondary N) is 2. The van der Waals surface area contributed by atoms with Gasteiger partial charge in [-0.05, 0) is 42.5 Å². The van der Waals surface area contributed by atoms with Crippen LogP contribution in [0.2, 0.25) is 0 Å². The molecule has 1 atom stereocenters. The summed E-state index contributed by atoms with van der Waals surface area (Å²) in [5.41, 5.74) is 0.972. The lowest BCUT2D eigenvalue weighted by Gasteiger charge is -2.26. The van der Waals surface area contributed by atoms with Crippen molar-refractivity contribution in [2.75, 3.05) is 0 Å². The van der Waals surface area contributed by atoms with Crippen LogP contribution in [0.15, 0.2) is 62.9 Å². The van der Waals surface area contributed by atoms with Gasteiger partial charge >= 0.3 is 5.69 Å². The number of benzene rings is 1. The minimum Gasteiger partial charge on any atom is -0.467 e. The molecule has 1 unspecified atom stereocenters. The molecule has 0 saturated carbocycles. The van der Waals surface area contributed by atoms with E-state index < -0.39 is 17.2 Å². The standard InChI is InChI=1S/C20H19N3O4/c24-18(22-17-9-3-6-13-5-1-2-8-15(13)17)16-11-21-20(26)23(19(16)25)12-14-7-4-10-27-14/h1-2,4-5,7-8,10-11,17H,3,6,9,12H2,(H,21,26)(H,22,24). The van der Waals surface area contributed by atoms with Gasteiger partial charge in [0.15, 0.2) is 0 Å². The van der Waals surface area contributed by atoms with Gasteiger partial charge < -0.3 is 14.7 Å². The van der Waals surface area contributed by atoms with Crippen molar-refractivity contribution < 1.29 is 9.21 Å². The number of amides is 1. The molecule has 138 valence electrons. The third kappa shape index (κ3) is 3.36. The third-order valence-corrected chi connectivity index (χ3v) is 4.87. The molecule has 1 aromatic carbocycles. The second kappa shape index (κ2) is 7.11. The molecule has 2 aromatic heterocycles. The first-order valence-corrected chi connectivity index (χ1v) is 8.87. The summed E-state index contributed by atoms with van der Waals surface area (Å²) in [6.07, 6.45) is 5.40. The number of fused-ring (bicyclic) bond motifs is 1. The lowest BCUT2D eigenvalue weighted by molar-refractivity contribution is 0.0930. The fourth-order valence-electron chi connectivity index (χ4n) is 3.52. The Hall–Kier alpha value is -3.35. The van der Waals surface area contributed by atoms with E-state index in [1.165, 1.54) is 18.0 Å². The number of carbonyl (C=O) groups is 1. The van der Waals surface area contributed by atoms with Gasteiger partial charge in [0.25, 0.3) is 11.5 Å². The quantitative estimate of drug-likeness (QED) is 0.739. The molecule has 2 N–H and O–H groups in total. The predicted octanol–water partition coefficient (Wildman–Crippen LogP) is 1.99. The highest BCUT2D eigenvalue weighted by Crippen LogP contribution is 2.29. The first-order valence-electron chi connectivity index (χ1n) is 8.87. The molecule has 7 nitrogen and oxygen atoms in total. The Labute approximate surface area is 154 Å². The molecule has 0 saturated heterocycles. The van der Waals surface area contributed by atoms with Crippen LogP contribution in [-0.4, -0.2) is 15.5 Å². The van der Waals surface area contributed by atoms with Gasteiger partial charge in [0.1, 0.15) is 11.3 Å². The minimum atomic E-state index is -0.642. The minimum absolute atomic E-state index is 0.0332. The van der Waals surface area contributed by atoms with Gasteiger partial charge in [-0.25, -0.2) is 4.79 Å². The third-order valence-electron chi connectivity index (χ3n) is 4.87. The second-order valence-corrected chi connectivity index (χ2v) is 6.60. The van der Waals surface area contributed by atoms with Crippen LogP contribution in [0, 0.1) is 0 Å². The number of hydrogen-bond donors (Lipinski definition) is 2. The Bertz CT molecular complexity index is 1080. The number of aryl methyl sites for hydroxylation is 1. The van der Waals surface area contributed by atoms with Crippen molar-refractivity contribution in [1.82, 2.24) is 14.9 Å². The summed E-state index contributed by atoms with van der Waals surface area (Å²) in [6, 6.07) is 11.2. The van der Waals surface area contributed by atoms with Crippen molar-refractivity contribution >= 4 is 5.91 Å². The summed E-state index contributed by atoms with van der Waals surface area (Å²) >= 11 is 0. The van der Waals surface area contributed by atoms with E-state index >= 15 is 0 Å². The normalized spacial score (nSPS) is 15.9. The van der Waals surface area contributed by atoms with Crippen LogP contribution in [0.5, 0.6) is 0 Å². The maximum absolute atomic E-state index is 12.7. The van der Waals surface area contributed by atoms with Crippen molar-refractivity contribution in [2.45, 2.75) is 31.8 Å². The van der Waals surface area contributed by atoms with Crippen LogP contribution in [0.4, 0.5) is 0 Å². The molecule has 2 heterocycles. The molecule has 0 fully saturated rings. The predicted molar refractivity (Wildman–Crippen MR) is 98.7 cm³/mol. The lowest BCUT2D eigenvalue weighted by atomic mass is 9.87. The van der Waals surface area contributed by atoms with E-state index in [1.54, 1.807) is 12.1 Å². The van der Waals surface area contributed by atoms with E-state index in [0.29, 0.717) is 5.76 Å².